The maximum absolute atomic E-state index is 13.0. The van der Waals surface area contributed by atoms with E-state index in [2.05, 4.69) is 52.0 Å². The van der Waals surface area contributed by atoms with Crippen LogP contribution in [0.1, 0.15) is 50.7 Å². The van der Waals surface area contributed by atoms with E-state index in [9.17, 15) is 9.59 Å². The quantitative estimate of drug-likeness (QED) is 0.661. The van der Waals surface area contributed by atoms with Crippen molar-refractivity contribution in [1.29, 1.82) is 0 Å². The fraction of sp³-hybridized carbons (Fsp3) is 0.583. The van der Waals surface area contributed by atoms with Gasteiger partial charge in [-0.3, -0.25) is 9.59 Å². The molecule has 4 rings (SSSR count). The van der Waals surface area contributed by atoms with Gasteiger partial charge in [-0.1, -0.05) is 50.6 Å². The molecule has 5 heteroatoms. The zero-order valence-corrected chi connectivity index (χ0v) is 18.9. The van der Waals surface area contributed by atoms with Crippen molar-refractivity contribution < 1.29 is 19.1 Å². The number of carbonyl (C=O) groups is 2. The van der Waals surface area contributed by atoms with Crippen LogP contribution in [0, 0.1) is 29.6 Å². The fourth-order valence-corrected chi connectivity index (χ4v) is 7.81. The third-order valence-corrected chi connectivity index (χ3v) is 9.64. The Bertz CT molecular complexity index is 885. The van der Waals surface area contributed by atoms with Crippen LogP contribution in [0.5, 0.6) is 0 Å². The lowest BCUT2D eigenvalue weighted by molar-refractivity contribution is -0.152. The monoisotopic (exact) mass is 414 g/mol. The van der Waals surface area contributed by atoms with Crippen molar-refractivity contribution in [2.24, 2.45) is 22.7 Å². The van der Waals surface area contributed by atoms with Crippen molar-refractivity contribution in [2.75, 3.05) is 14.2 Å². The van der Waals surface area contributed by atoms with Crippen molar-refractivity contribution in [3.05, 3.63) is 45.9 Å². The molecule has 0 saturated heterocycles. The Morgan fingerprint density at radius 3 is 2.24 bits per heavy atom. The molecule has 2 aliphatic carbocycles. The average molecular weight is 415 g/mol. The molecule has 0 unspecified atom stereocenters. The summed E-state index contributed by atoms with van der Waals surface area (Å²) in [5, 5.41) is -0.593. The third-order valence-electron chi connectivity index (χ3n) is 7.97. The van der Waals surface area contributed by atoms with E-state index in [-0.39, 0.29) is 28.7 Å². The molecule has 1 aliphatic heterocycles. The number of carbonyl (C=O) groups excluding carboxylic acids is 2. The Morgan fingerprint density at radius 2 is 1.66 bits per heavy atom. The topological polar surface area (TPSA) is 52.6 Å². The SMILES string of the molecule is COC(=O)[C@H]1[C@@H](c2ccc(C)cc2)C2=C(S[C@H]1C(=O)OC)[C@]1(C)CC[C@H]2C1(C)C. The molecule has 1 saturated carbocycles. The Hall–Kier alpha value is -1.75. The number of benzene rings is 1. The van der Waals surface area contributed by atoms with Gasteiger partial charge >= 0.3 is 11.9 Å². The van der Waals surface area contributed by atoms with Gasteiger partial charge in [-0.15, -0.1) is 11.8 Å². The van der Waals surface area contributed by atoms with Crippen LogP contribution in [0.3, 0.4) is 0 Å². The smallest absolute Gasteiger partial charge is 0.320 e. The summed E-state index contributed by atoms with van der Waals surface area (Å²) in [6.07, 6.45) is 2.25. The second-order valence-corrected chi connectivity index (χ2v) is 10.6. The number of hydrogen-bond donors (Lipinski definition) is 0. The maximum atomic E-state index is 13.0. The van der Waals surface area contributed by atoms with E-state index in [0.717, 1.165) is 18.4 Å². The molecule has 0 N–H and O–H groups in total. The van der Waals surface area contributed by atoms with E-state index >= 15 is 0 Å². The molecule has 0 spiro atoms. The summed E-state index contributed by atoms with van der Waals surface area (Å²) in [4.78, 5) is 27.1. The number of hydrogen-bond acceptors (Lipinski definition) is 5. The number of methoxy groups -OCH3 is 2. The van der Waals surface area contributed by atoms with Crippen LogP contribution in [0.25, 0.3) is 0 Å². The van der Waals surface area contributed by atoms with Gasteiger partial charge in [0.15, 0.2) is 0 Å². The zero-order chi connectivity index (χ0) is 21.1. The summed E-state index contributed by atoms with van der Waals surface area (Å²) in [7, 11) is 2.80. The van der Waals surface area contributed by atoms with Gasteiger partial charge in [0.2, 0.25) is 0 Å². The number of esters is 2. The highest BCUT2D eigenvalue weighted by molar-refractivity contribution is 8.04. The van der Waals surface area contributed by atoms with Gasteiger partial charge in [0.05, 0.1) is 20.1 Å². The summed E-state index contributed by atoms with van der Waals surface area (Å²) >= 11 is 1.56. The molecular formula is C24H30O4S. The van der Waals surface area contributed by atoms with Crippen LogP contribution in [0.2, 0.25) is 0 Å². The number of thioether (sulfide) groups is 1. The first kappa shape index (κ1) is 20.5. The maximum Gasteiger partial charge on any atom is 0.320 e. The van der Waals surface area contributed by atoms with Gasteiger partial charge in [-0.2, -0.15) is 0 Å². The van der Waals surface area contributed by atoms with Gasteiger partial charge < -0.3 is 9.47 Å². The molecule has 156 valence electrons. The summed E-state index contributed by atoms with van der Waals surface area (Å²) < 4.78 is 10.4. The number of ether oxygens (including phenoxy) is 2. The standard InChI is InChI=1S/C24H30O4S/c1-13-7-9-14(10-8-13)16-17-15-11-12-24(4,23(15,2)3)20(17)29-19(22(26)28-6)18(16)21(25)27-5/h7-10,15-16,18-19H,11-12H2,1-6H3/t15-,16+,18+,19-,24+/m1/s1. The Kier molecular flexibility index (Phi) is 4.88. The molecule has 5 atom stereocenters. The zero-order valence-electron chi connectivity index (χ0n) is 18.1. The summed E-state index contributed by atoms with van der Waals surface area (Å²) in [5.74, 6) is -1.02. The molecule has 0 radical (unpaired) electrons. The van der Waals surface area contributed by atoms with Crippen LogP contribution in [0.4, 0.5) is 0 Å². The largest absolute Gasteiger partial charge is 0.469 e. The van der Waals surface area contributed by atoms with Crippen molar-refractivity contribution in [3.8, 4) is 0 Å². The minimum Gasteiger partial charge on any atom is -0.469 e. The molecule has 0 amide bonds. The molecule has 0 aromatic heterocycles. The van der Waals surface area contributed by atoms with Crippen LogP contribution in [-0.2, 0) is 19.1 Å². The minimum atomic E-state index is -0.593. The van der Waals surface area contributed by atoms with Crippen molar-refractivity contribution >= 4 is 23.7 Å². The van der Waals surface area contributed by atoms with Crippen molar-refractivity contribution in [2.45, 2.75) is 51.7 Å². The lowest BCUT2D eigenvalue weighted by Gasteiger charge is -2.42. The molecule has 3 aliphatic rings. The molecule has 1 fully saturated rings. The first-order valence-corrected chi connectivity index (χ1v) is 11.2. The first-order valence-electron chi connectivity index (χ1n) is 10.3. The summed E-state index contributed by atoms with van der Waals surface area (Å²) in [6, 6.07) is 8.37. The predicted octanol–water partition coefficient (Wildman–Crippen LogP) is 4.87. The normalized spacial score (nSPS) is 34.7. The van der Waals surface area contributed by atoms with Crippen molar-refractivity contribution in [3.63, 3.8) is 0 Å². The Labute approximate surface area is 177 Å². The molecule has 1 aromatic rings. The van der Waals surface area contributed by atoms with Gasteiger partial charge in [0, 0.05) is 11.3 Å². The third kappa shape index (κ3) is 2.73. The van der Waals surface area contributed by atoms with Gasteiger partial charge in [-0.25, -0.2) is 0 Å². The second kappa shape index (κ2) is 6.90. The minimum absolute atomic E-state index is 0.0218. The molecule has 4 nitrogen and oxygen atoms in total. The molecular weight excluding hydrogens is 384 g/mol. The van der Waals surface area contributed by atoms with E-state index < -0.39 is 11.2 Å². The summed E-state index contributed by atoms with van der Waals surface area (Å²) in [6.45, 7) is 9.08. The lowest BCUT2D eigenvalue weighted by atomic mass is 9.69. The number of aryl methyl sites for hydroxylation is 1. The van der Waals surface area contributed by atoms with Gasteiger partial charge in [0.1, 0.15) is 5.25 Å². The predicted molar refractivity (Wildman–Crippen MR) is 114 cm³/mol. The van der Waals surface area contributed by atoms with E-state index in [4.69, 9.17) is 9.47 Å². The fourth-order valence-electron chi connectivity index (χ4n) is 5.92. The van der Waals surface area contributed by atoms with E-state index in [0.29, 0.717) is 5.92 Å². The lowest BCUT2D eigenvalue weighted by Crippen LogP contribution is -2.43. The highest BCUT2D eigenvalue weighted by Gasteiger charge is 2.65. The Morgan fingerprint density at radius 1 is 1.03 bits per heavy atom. The van der Waals surface area contributed by atoms with E-state index in [1.165, 1.54) is 30.3 Å². The van der Waals surface area contributed by atoms with E-state index in [1.54, 1.807) is 11.8 Å². The van der Waals surface area contributed by atoms with Gasteiger partial charge in [-0.05, 0) is 47.1 Å². The van der Waals surface area contributed by atoms with Crippen LogP contribution in [-0.4, -0.2) is 31.4 Å². The number of rotatable bonds is 3. The molecule has 29 heavy (non-hydrogen) atoms. The highest BCUT2D eigenvalue weighted by atomic mass is 32.2. The van der Waals surface area contributed by atoms with Crippen molar-refractivity contribution in [1.82, 2.24) is 0 Å². The first-order chi connectivity index (χ1) is 13.7. The van der Waals surface area contributed by atoms with Crippen LogP contribution < -0.4 is 0 Å². The average Bonchev–Trinajstić information content (AvgIpc) is 3.04. The van der Waals surface area contributed by atoms with Crippen LogP contribution in [0.15, 0.2) is 34.7 Å². The second-order valence-electron chi connectivity index (χ2n) is 9.43. The molecule has 2 bridgehead atoms. The highest BCUT2D eigenvalue weighted by Crippen LogP contribution is 2.74. The molecule has 1 heterocycles. The van der Waals surface area contributed by atoms with E-state index in [1.807, 2.05) is 0 Å². The number of fused-ring (bicyclic) bond motifs is 4. The number of allylic oxidation sites excluding steroid dienone is 2. The van der Waals surface area contributed by atoms with Gasteiger partial charge in [0.25, 0.3) is 0 Å². The molecule has 1 aromatic carbocycles. The summed E-state index contributed by atoms with van der Waals surface area (Å²) in [5.41, 5.74) is 3.73. The Balaban J connectivity index is 1.95. The van der Waals surface area contributed by atoms with Crippen LogP contribution >= 0.6 is 11.8 Å².